The molecule has 0 aliphatic carbocycles. The fourth-order valence-corrected chi connectivity index (χ4v) is 2.91. The van der Waals surface area contributed by atoms with Gasteiger partial charge in [-0.25, -0.2) is 13.8 Å². The minimum absolute atomic E-state index is 0.160. The molecule has 2 heterocycles. The van der Waals surface area contributed by atoms with Crippen molar-refractivity contribution in [2.75, 3.05) is 23.3 Å². The molecular weight excluding hydrogens is 272 g/mol. The topological polar surface area (TPSA) is 28.2 Å². The van der Waals surface area contributed by atoms with E-state index < -0.39 is 11.6 Å². The number of aromatic nitrogens is 1. The highest BCUT2D eigenvalue weighted by Crippen LogP contribution is 2.28. The van der Waals surface area contributed by atoms with Crippen LogP contribution in [-0.2, 0) is 0 Å². The number of nitrogens with one attached hydrogen (secondary N) is 1. The lowest BCUT2D eigenvalue weighted by molar-refractivity contribution is 0.525. The third-order valence-electron chi connectivity index (χ3n) is 4.07. The molecule has 1 aromatic heterocycles. The number of pyridine rings is 1. The first-order valence-electron chi connectivity index (χ1n) is 8.03. The molecule has 1 aliphatic rings. The molecule has 0 bridgehead atoms. The highest BCUT2D eigenvalue weighted by Gasteiger charge is 2.24. The number of halogens is 2. The lowest BCUT2D eigenvalue weighted by Crippen LogP contribution is -2.36. The molecule has 1 fully saturated rings. The summed E-state index contributed by atoms with van der Waals surface area (Å²) in [5.74, 6) is -0.724. The Morgan fingerprint density at radius 1 is 1.24 bits per heavy atom. The summed E-state index contributed by atoms with van der Waals surface area (Å²) in [6.45, 7) is 5.53. The second kappa shape index (κ2) is 7.57. The van der Waals surface area contributed by atoms with Crippen molar-refractivity contribution in [3.63, 3.8) is 0 Å². The van der Waals surface area contributed by atoms with E-state index in [2.05, 4.69) is 17.2 Å². The van der Waals surface area contributed by atoms with Crippen molar-refractivity contribution in [3.8, 4) is 0 Å². The van der Waals surface area contributed by atoms with Crippen LogP contribution in [0.5, 0.6) is 0 Å². The van der Waals surface area contributed by atoms with Crippen LogP contribution in [0.3, 0.4) is 0 Å². The summed E-state index contributed by atoms with van der Waals surface area (Å²) < 4.78 is 28.0. The van der Waals surface area contributed by atoms with E-state index in [1.165, 1.54) is 6.42 Å². The fourth-order valence-electron chi connectivity index (χ4n) is 2.91. The molecule has 1 saturated heterocycles. The third-order valence-corrected chi connectivity index (χ3v) is 4.07. The van der Waals surface area contributed by atoms with Crippen LogP contribution in [-0.4, -0.2) is 24.1 Å². The fraction of sp³-hybridized carbons (Fsp3) is 0.688. The van der Waals surface area contributed by atoms with Crippen LogP contribution in [0.25, 0.3) is 0 Å². The predicted octanol–water partition coefficient (Wildman–Crippen LogP) is 4.34. The molecule has 0 spiro atoms. The molecular formula is C16H25F2N3. The van der Waals surface area contributed by atoms with Gasteiger partial charge in [0.2, 0.25) is 0 Å². The van der Waals surface area contributed by atoms with Crippen LogP contribution in [0, 0.1) is 11.6 Å². The van der Waals surface area contributed by atoms with Crippen LogP contribution in [0.15, 0.2) is 6.07 Å². The summed E-state index contributed by atoms with van der Waals surface area (Å²) in [5, 5.41) is 2.94. The number of hydrogen-bond acceptors (Lipinski definition) is 3. The Bertz CT molecular complexity index is 465. The van der Waals surface area contributed by atoms with E-state index in [1.807, 2.05) is 11.8 Å². The van der Waals surface area contributed by atoms with Crippen molar-refractivity contribution in [3.05, 3.63) is 17.7 Å². The number of hydrogen-bond donors (Lipinski definition) is 1. The maximum absolute atomic E-state index is 14.2. The van der Waals surface area contributed by atoms with E-state index >= 15 is 0 Å². The Labute approximate surface area is 125 Å². The Hall–Kier alpha value is -1.39. The molecule has 1 atom stereocenters. The van der Waals surface area contributed by atoms with Gasteiger partial charge in [-0.05, 0) is 25.7 Å². The van der Waals surface area contributed by atoms with Crippen molar-refractivity contribution in [2.45, 2.75) is 58.4 Å². The molecule has 1 N–H and O–H groups in total. The van der Waals surface area contributed by atoms with Crippen molar-refractivity contribution in [1.82, 2.24) is 4.98 Å². The molecule has 1 unspecified atom stereocenters. The molecule has 118 valence electrons. The Morgan fingerprint density at radius 2 is 2.05 bits per heavy atom. The maximum atomic E-state index is 14.2. The first-order valence-corrected chi connectivity index (χ1v) is 8.03. The molecule has 1 aliphatic heterocycles. The van der Waals surface area contributed by atoms with Gasteiger partial charge < -0.3 is 10.2 Å². The second-order valence-corrected chi connectivity index (χ2v) is 5.66. The van der Waals surface area contributed by atoms with E-state index in [0.717, 1.165) is 44.7 Å². The first-order chi connectivity index (χ1) is 10.2. The van der Waals surface area contributed by atoms with Crippen molar-refractivity contribution in [2.24, 2.45) is 0 Å². The van der Waals surface area contributed by atoms with Crippen LogP contribution in [0.2, 0.25) is 0 Å². The van der Waals surface area contributed by atoms with E-state index in [9.17, 15) is 8.78 Å². The predicted molar refractivity (Wildman–Crippen MR) is 82.8 cm³/mol. The quantitative estimate of drug-likeness (QED) is 0.876. The van der Waals surface area contributed by atoms with Gasteiger partial charge in [-0.3, -0.25) is 0 Å². The normalized spacial score (nSPS) is 19.4. The van der Waals surface area contributed by atoms with Gasteiger partial charge >= 0.3 is 0 Å². The number of rotatable bonds is 5. The van der Waals surface area contributed by atoms with E-state index in [0.29, 0.717) is 18.4 Å². The zero-order valence-corrected chi connectivity index (χ0v) is 13.0. The van der Waals surface area contributed by atoms with Crippen LogP contribution >= 0.6 is 0 Å². The van der Waals surface area contributed by atoms with Crippen LogP contribution in [0.1, 0.15) is 52.4 Å². The molecule has 0 aromatic carbocycles. The van der Waals surface area contributed by atoms with Crippen LogP contribution in [0.4, 0.5) is 20.4 Å². The van der Waals surface area contributed by atoms with Crippen LogP contribution < -0.4 is 10.2 Å². The van der Waals surface area contributed by atoms with Gasteiger partial charge in [-0.15, -0.1) is 0 Å². The lowest BCUT2D eigenvalue weighted by Gasteiger charge is -2.31. The highest BCUT2D eigenvalue weighted by atomic mass is 19.1. The summed E-state index contributed by atoms with van der Waals surface area (Å²) in [6.07, 6.45) is 6.24. The van der Waals surface area contributed by atoms with Crippen molar-refractivity contribution < 1.29 is 8.78 Å². The van der Waals surface area contributed by atoms with Gasteiger partial charge in [0.25, 0.3) is 0 Å². The highest BCUT2D eigenvalue weighted by molar-refractivity contribution is 5.50. The molecule has 2 rings (SSSR count). The van der Waals surface area contributed by atoms with E-state index in [-0.39, 0.29) is 5.82 Å². The molecule has 3 nitrogen and oxygen atoms in total. The van der Waals surface area contributed by atoms with E-state index in [4.69, 9.17) is 0 Å². The molecule has 5 heteroatoms. The summed E-state index contributed by atoms with van der Waals surface area (Å²) >= 11 is 0. The monoisotopic (exact) mass is 297 g/mol. The smallest absolute Gasteiger partial charge is 0.168 e. The average molecular weight is 297 g/mol. The van der Waals surface area contributed by atoms with Gasteiger partial charge in [0, 0.05) is 25.2 Å². The molecule has 0 saturated carbocycles. The summed E-state index contributed by atoms with van der Waals surface area (Å²) in [6, 6.07) is 1.25. The summed E-state index contributed by atoms with van der Waals surface area (Å²) in [7, 11) is 0. The van der Waals surface area contributed by atoms with Gasteiger partial charge in [0.1, 0.15) is 0 Å². The third kappa shape index (κ3) is 3.83. The Kier molecular flexibility index (Phi) is 5.76. The number of nitrogens with zero attached hydrogens (tertiary/aromatic N) is 2. The van der Waals surface area contributed by atoms with Gasteiger partial charge in [0.05, 0.1) is 0 Å². The van der Waals surface area contributed by atoms with Gasteiger partial charge in [-0.1, -0.05) is 26.7 Å². The summed E-state index contributed by atoms with van der Waals surface area (Å²) in [5.41, 5.74) is 0. The van der Waals surface area contributed by atoms with Crippen molar-refractivity contribution in [1.29, 1.82) is 0 Å². The second-order valence-electron chi connectivity index (χ2n) is 5.66. The lowest BCUT2D eigenvalue weighted by atomic mass is 10.1. The van der Waals surface area contributed by atoms with Crippen molar-refractivity contribution >= 4 is 11.6 Å². The zero-order valence-electron chi connectivity index (χ0n) is 13.0. The average Bonchev–Trinajstić information content (AvgIpc) is 2.71. The first kappa shape index (κ1) is 16.0. The molecule has 1 aromatic rings. The Morgan fingerprint density at radius 3 is 2.76 bits per heavy atom. The molecule has 0 amide bonds. The largest absolute Gasteiger partial charge is 0.368 e. The minimum atomic E-state index is -0.618. The standard InChI is InChI=1S/C16H25F2N3/c1-3-9-19-15-13(17)11-14(18)16(20-15)21-10-7-5-6-8-12(21)4-2/h11-12H,3-10H2,1-2H3,(H,19,20). The Balaban J connectivity index is 2.31. The SMILES string of the molecule is CCCNc1nc(N2CCCCCC2CC)c(F)cc1F. The summed E-state index contributed by atoms with van der Waals surface area (Å²) in [4.78, 5) is 6.26. The maximum Gasteiger partial charge on any atom is 0.168 e. The minimum Gasteiger partial charge on any atom is -0.368 e. The zero-order chi connectivity index (χ0) is 15.2. The number of anilines is 2. The molecule has 21 heavy (non-hydrogen) atoms. The molecule has 0 radical (unpaired) electrons. The van der Waals surface area contributed by atoms with E-state index in [1.54, 1.807) is 0 Å². The van der Waals surface area contributed by atoms with Gasteiger partial charge in [0.15, 0.2) is 23.3 Å². The van der Waals surface area contributed by atoms with Gasteiger partial charge in [-0.2, -0.15) is 0 Å².